The number of nitrogens with two attached hydrogens (primary N) is 1. The van der Waals surface area contributed by atoms with Crippen LogP contribution in [0, 0.1) is 20.8 Å². The predicted molar refractivity (Wildman–Crippen MR) is 87.4 cm³/mol. The smallest absolute Gasteiger partial charge is 0.252 e. The summed E-state index contributed by atoms with van der Waals surface area (Å²) < 4.78 is 0. The second-order valence-corrected chi connectivity index (χ2v) is 5.63. The van der Waals surface area contributed by atoms with Gasteiger partial charge in [-0.15, -0.1) is 0 Å². The summed E-state index contributed by atoms with van der Waals surface area (Å²) in [6, 6.07) is 11.6. The van der Waals surface area contributed by atoms with Gasteiger partial charge < -0.3 is 11.1 Å². The van der Waals surface area contributed by atoms with Crippen molar-refractivity contribution in [1.29, 1.82) is 0 Å². The van der Waals surface area contributed by atoms with Crippen LogP contribution in [0.2, 0.25) is 0 Å². The Labute approximate surface area is 126 Å². The predicted octanol–water partition coefficient (Wildman–Crippen LogP) is 3.69. The monoisotopic (exact) mass is 282 g/mol. The number of hydrogen-bond acceptors (Lipinski definition) is 2. The highest BCUT2D eigenvalue weighted by Gasteiger charge is 2.14. The highest BCUT2D eigenvalue weighted by Crippen LogP contribution is 2.20. The standard InChI is InChI=1S/C18H22N2O/c1-11-5-7-16(12(2)9-11)14(4)20-18(21)17-8-6-15(19)10-13(17)3/h5-10,14H,19H2,1-4H3,(H,20,21). The SMILES string of the molecule is Cc1ccc(C(C)NC(=O)c2ccc(N)cc2C)c(C)c1. The second-order valence-electron chi connectivity index (χ2n) is 5.63. The minimum absolute atomic E-state index is 0.0324. The van der Waals surface area contributed by atoms with Crippen LogP contribution in [-0.4, -0.2) is 5.91 Å². The molecule has 0 saturated heterocycles. The van der Waals surface area contributed by atoms with E-state index in [2.05, 4.69) is 37.4 Å². The van der Waals surface area contributed by atoms with Crippen molar-refractivity contribution in [3.8, 4) is 0 Å². The van der Waals surface area contributed by atoms with Crippen molar-refractivity contribution in [3.05, 3.63) is 64.2 Å². The maximum absolute atomic E-state index is 12.4. The molecule has 2 rings (SSSR count). The quantitative estimate of drug-likeness (QED) is 0.844. The van der Waals surface area contributed by atoms with Gasteiger partial charge in [-0.3, -0.25) is 4.79 Å². The van der Waals surface area contributed by atoms with E-state index < -0.39 is 0 Å². The molecule has 21 heavy (non-hydrogen) atoms. The molecule has 1 unspecified atom stereocenters. The molecule has 110 valence electrons. The van der Waals surface area contributed by atoms with Gasteiger partial charge in [0.05, 0.1) is 6.04 Å². The topological polar surface area (TPSA) is 55.1 Å². The molecule has 0 aliphatic carbocycles. The van der Waals surface area contributed by atoms with Gasteiger partial charge in [0.25, 0.3) is 5.91 Å². The van der Waals surface area contributed by atoms with Crippen LogP contribution in [0.15, 0.2) is 36.4 Å². The minimum Gasteiger partial charge on any atom is -0.399 e. The third-order valence-electron chi connectivity index (χ3n) is 3.73. The molecule has 0 radical (unpaired) electrons. The molecule has 0 aliphatic rings. The number of nitrogens with one attached hydrogen (secondary N) is 1. The van der Waals surface area contributed by atoms with Crippen molar-refractivity contribution in [3.63, 3.8) is 0 Å². The van der Waals surface area contributed by atoms with Crippen molar-refractivity contribution in [2.24, 2.45) is 0 Å². The average molecular weight is 282 g/mol. The Bertz CT molecular complexity index is 677. The third kappa shape index (κ3) is 3.43. The van der Waals surface area contributed by atoms with Crippen LogP contribution < -0.4 is 11.1 Å². The van der Waals surface area contributed by atoms with E-state index in [1.165, 1.54) is 11.1 Å². The molecule has 0 fully saturated rings. The highest BCUT2D eigenvalue weighted by atomic mass is 16.1. The van der Waals surface area contributed by atoms with Gasteiger partial charge in [-0.25, -0.2) is 0 Å². The lowest BCUT2D eigenvalue weighted by Gasteiger charge is -2.18. The molecule has 3 nitrogen and oxygen atoms in total. The number of hydrogen-bond donors (Lipinski definition) is 2. The molecule has 3 heteroatoms. The molecule has 2 aromatic carbocycles. The summed E-state index contributed by atoms with van der Waals surface area (Å²) in [6.45, 7) is 8.03. The van der Waals surface area contributed by atoms with E-state index in [1.54, 1.807) is 12.1 Å². The van der Waals surface area contributed by atoms with Crippen LogP contribution in [0.3, 0.4) is 0 Å². The number of carbonyl (C=O) groups excluding carboxylic acids is 1. The van der Waals surface area contributed by atoms with E-state index >= 15 is 0 Å². The normalized spacial score (nSPS) is 12.0. The molecule has 0 aliphatic heterocycles. The Morgan fingerprint density at radius 2 is 1.76 bits per heavy atom. The number of aryl methyl sites for hydroxylation is 3. The van der Waals surface area contributed by atoms with Crippen molar-refractivity contribution >= 4 is 11.6 Å². The van der Waals surface area contributed by atoms with Crippen LogP contribution in [0.5, 0.6) is 0 Å². The Hall–Kier alpha value is -2.29. The Balaban J connectivity index is 2.18. The first-order valence-electron chi connectivity index (χ1n) is 7.12. The van der Waals surface area contributed by atoms with Crippen LogP contribution in [-0.2, 0) is 0 Å². The summed E-state index contributed by atoms with van der Waals surface area (Å²) >= 11 is 0. The number of carbonyl (C=O) groups is 1. The fourth-order valence-electron chi connectivity index (χ4n) is 2.61. The molecule has 1 atom stereocenters. The van der Waals surface area contributed by atoms with E-state index in [-0.39, 0.29) is 11.9 Å². The summed E-state index contributed by atoms with van der Waals surface area (Å²) in [5.74, 6) is -0.0695. The third-order valence-corrected chi connectivity index (χ3v) is 3.73. The van der Waals surface area contributed by atoms with E-state index in [0.29, 0.717) is 11.3 Å². The molecular formula is C18H22N2O. The summed E-state index contributed by atoms with van der Waals surface area (Å²) in [7, 11) is 0. The van der Waals surface area contributed by atoms with E-state index in [4.69, 9.17) is 5.73 Å². The lowest BCUT2D eigenvalue weighted by Crippen LogP contribution is -2.27. The number of benzene rings is 2. The van der Waals surface area contributed by atoms with E-state index in [9.17, 15) is 4.79 Å². The van der Waals surface area contributed by atoms with Gasteiger partial charge in [-0.1, -0.05) is 23.8 Å². The first-order chi connectivity index (χ1) is 9.88. The molecule has 0 bridgehead atoms. The Morgan fingerprint density at radius 3 is 2.38 bits per heavy atom. The van der Waals surface area contributed by atoms with Gasteiger partial charge in [0, 0.05) is 11.3 Å². The molecule has 0 aromatic heterocycles. The molecule has 1 amide bonds. The lowest BCUT2D eigenvalue weighted by molar-refractivity contribution is 0.0939. The Morgan fingerprint density at radius 1 is 1.05 bits per heavy atom. The van der Waals surface area contributed by atoms with E-state index in [1.807, 2.05) is 19.9 Å². The molecule has 3 N–H and O–H groups in total. The molecule has 0 heterocycles. The van der Waals surface area contributed by atoms with E-state index in [0.717, 1.165) is 11.1 Å². The molecule has 2 aromatic rings. The second kappa shape index (κ2) is 6.00. The summed E-state index contributed by atoms with van der Waals surface area (Å²) in [5, 5.41) is 3.05. The zero-order chi connectivity index (χ0) is 15.6. The van der Waals surface area contributed by atoms with Gasteiger partial charge in [0.1, 0.15) is 0 Å². The van der Waals surface area contributed by atoms with Gasteiger partial charge in [-0.05, 0) is 62.6 Å². The van der Waals surface area contributed by atoms with Gasteiger partial charge in [0.15, 0.2) is 0 Å². The van der Waals surface area contributed by atoms with Gasteiger partial charge in [-0.2, -0.15) is 0 Å². The van der Waals surface area contributed by atoms with Crippen molar-refractivity contribution in [2.45, 2.75) is 33.7 Å². The maximum atomic E-state index is 12.4. The molecule has 0 saturated carbocycles. The minimum atomic E-state index is -0.0695. The number of anilines is 1. The lowest BCUT2D eigenvalue weighted by atomic mass is 9.99. The van der Waals surface area contributed by atoms with Crippen LogP contribution in [0.1, 0.15) is 45.6 Å². The maximum Gasteiger partial charge on any atom is 0.252 e. The highest BCUT2D eigenvalue weighted by molar-refractivity contribution is 5.96. The first-order valence-corrected chi connectivity index (χ1v) is 7.12. The van der Waals surface area contributed by atoms with Crippen LogP contribution in [0.4, 0.5) is 5.69 Å². The average Bonchev–Trinajstić information content (AvgIpc) is 2.37. The number of nitrogen functional groups attached to an aromatic ring is 1. The zero-order valence-electron chi connectivity index (χ0n) is 13.0. The van der Waals surface area contributed by atoms with Gasteiger partial charge >= 0.3 is 0 Å². The summed E-state index contributed by atoms with van der Waals surface area (Å²) in [5.41, 5.74) is 11.5. The van der Waals surface area contributed by atoms with Crippen LogP contribution in [0.25, 0.3) is 0 Å². The first kappa shape index (κ1) is 15.1. The summed E-state index contributed by atoms with van der Waals surface area (Å²) in [4.78, 5) is 12.4. The number of rotatable bonds is 3. The number of amides is 1. The fourth-order valence-corrected chi connectivity index (χ4v) is 2.61. The van der Waals surface area contributed by atoms with Crippen molar-refractivity contribution < 1.29 is 4.79 Å². The molecular weight excluding hydrogens is 260 g/mol. The van der Waals surface area contributed by atoms with Gasteiger partial charge in [0.2, 0.25) is 0 Å². The van der Waals surface area contributed by atoms with Crippen LogP contribution >= 0.6 is 0 Å². The largest absolute Gasteiger partial charge is 0.399 e. The molecule has 0 spiro atoms. The zero-order valence-corrected chi connectivity index (χ0v) is 13.0. The van der Waals surface area contributed by atoms with Crippen molar-refractivity contribution in [2.75, 3.05) is 5.73 Å². The summed E-state index contributed by atoms with van der Waals surface area (Å²) in [6.07, 6.45) is 0. The Kier molecular flexibility index (Phi) is 4.32. The fraction of sp³-hybridized carbons (Fsp3) is 0.278. The van der Waals surface area contributed by atoms with Crippen molar-refractivity contribution in [1.82, 2.24) is 5.32 Å².